The quantitative estimate of drug-likeness (QED) is 0.243. The van der Waals surface area contributed by atoms with E-state index in [0.717, 1.165) is 5.56 Å². The molecule has 0 saturated carbocycles. The maximum absolute atomic E-state index is 13.2. The molecule has 2 atom stereocenters. The molecule has 0 heterocycles. The molecule has 0 fully saturated rings. The van der Waals surface area contributed by atoms with Crippen molar-refractivity contribution in [3.63, 3.8) is 0 Å². The molecule has 0 aliphatic carbocycles. The highest BCUT2D eigenvalue weighted by molar-refractivity contribution is 7.86. The Balaban J connectivity index is 2.40. The third kappa shape index (κ3) is 6.51. The Morgan fingerprint density at radius 1 is 0.969 bits per heavy atom. The van der Waals surface area contributed by atoms with Gasteiger partial charge in [-0.1, -0.05) is 72.4 Å². The van der Waals surface area contributed by atoms with Crippen molar-refractivity contribution >= 4 is 31.7 Å². The van der Waals surface area contributed by atoms with Gasteiger partial charge in [-0.05, 0) is 51.5 Å². The normalized spacial score (nSPS) is 14.8. The fourth-order valence-electron chi connectivity index (χ4n) is 4.41. The van der Waals surface area contributed by atoms with Crippen LogP contribution in [0.3, 0.4) is 0 Å². The highest BCUT2D eigenvalue weighted by Crippen LogP contribution is 2.32. The molecule has 7 heteroatoms. The van der Waals surface area contributed by atoms with E-state index in [9.17, 15) is 8.42 Å². The van der Waals surface area contributed by atoms with Gasteiger partial charge in [-0.15, -0.1) is 6.58 Å². The fourth-order valence-corrected chi connectivity index (χ4v) is 10.1. The van der Waals surface area contributed by atoms with Gasteiger partial charge in [0.15, 0.2) is 8.32 Å². The van der Waals surface area contributed by atoms with E-state index in [1.165, 1.54) is 5.19 Å². The lowest BCUT2D eigenvalue weighted by Gasteiger charge is -2.39. The van der Waals surface area contributed by atoms with Gasteiger partial charge in [0.25, 0.3) is 10.1 Å². The van der Waals surface area contributed by atoms with Crippen molar-refractivity contribution in [3.8, 4) is 0 Å². The van der Waals surface area contributed by atoms with Crippen LogP contribution in [0.5, 0.6) is 0 Å². The van der Waals surface area contributed by atoms with Crippen LogP contribution in [0.25, 0.3) is 0 Å². The van der Waals surface area contributed by atoms with E-state index in [1.807, 2.05) is 57.2 Å². The number of aryl methyl sites for hydroxylation is 3. The summed E-state index contributed by atoms with van der Waals surface area (Å²) < 4.78 is 38.6. The number of rotatable bonds is 10. The first kappa shape index (κ1) is 26.7. The SMILES string of the molecule is C=C[C@@H]([C@H](COS(=O)(=O)c1c(C)cc(C)cc1C)O[Si](C)(C)C)[Si](C)(C)c1ccccc1. The van der Waals surface area contributed by atoms with Crippen LogP contribution >= 0.6 is 0 Å². The highest BCUT2D eigenvalue weighted by atomic mass is 32.2. The summed E-state index contributed by atoms with van der Waals surface area (Å²) in [6.45, 7) is 20.5. The Bertz CT molecular complexity index is 1020. The van der Waals surface area contributed by atoms with Crippen molar-refractivity contribution in [3.05, 3.63) is 71.8 Å². The van der Waals surface area contributed by atoms with E-state index in [2.05, 4.69) is 51.4 Å². The van der Waals surface area contributed by atoms with Gasteiger partial charge in [0.1, 0.15) is 0 Å². The van der Waals surface area contributed by atoms with Gasteiger partial charge >= 0.3 is 0 Å². The second-order valence-corrected chi connectivity index (χ2v) is 20.8. The van der Waals surface area contributed by atoms with Gasteiger partial charge in [-0.3, -0.25) is 4.18 Å². The molecule has 0 bridgehead atoms. The summed E-state index contributed by atoms with van der Waals surface area (Å²) >= 11 is 0. The molecule has 2 aromatic carbocycles. The molecule has 0 aliphatic rings. The lowest BCUT2D eigenvalue weighted by atomic mass is 10.1. The second kappa shape index (κ2) is 10.2. The minimum Gasteiger partial charge on any atom is -0.412 e. The van der Waals surface area contributed by atoms with Crippen LogP contribution in [-0.2, 0) is 18.7 Å². The molecule has 0 amide bonds. The minimum absolute atomic E-state index is 0.00737. The number of benzene rings is 2. The molecule has 4 nitrogen and oxygen atoms in total. The molecule has 2 aromatic rings. The zero-order valence-corrected chi connectivity index (χ0v) is 23.5. The Kier molecular flexibility index (Phi) is 8.50. The smallest absolute Gasteiger partial charge is 0.297 e. The van der Waals surface area contributed by atoms with Crippen LogP contribution < -0.4 is 5.19 Å². The van der Waals surface area contributed by atoms with Crippen molar-refractivity contribution in [2.75, 3.05) is 6.61 Å². The molecule has 2 rings (SSSR count). The Labute approximate surface area is 196 Å². The van der Waals surface area contributed by atoms with E-state index in [-0.39, 0.29) is 23.1 Å². The van der Waals surface area contributed by atoms with Gasteiger partial charge in [0.2, 0.25) is 0 Å². The highest BCUT2D eigenvalue weighted by Gasteiger charge is 2.40. The molecular weight excluding hydrogens is 453 g/mol. The number of hydrogen-bond donors (Lipinski definition) is 0. The summed E-state index contributed by atoms with van der Waals surface area (Å²) in [5.41, 5.74) is 2.42. The summed E-state index contributed by atoms with van der Waals surface area (Å²) in [5.74, 6) is 0. The van der Waals surface area contributed by atoms with E-state index < -0.39 is 26.5 Å². The van der Waals surface area contributed by atoms with E-state index in [1.54, 1.807) is 0 Å². The molecular formula is C25H38O4SSi2. The Hall–Kier alpha value is -1.52. The average molecular weight is 491 g/mol. The van der Waals surface area contributed by atoms with Gasteiger partial charge in [0, 0.05) is 5.54 Å². The van der Waals surface area contributed by atoms with Crippen LogP contribution in [0.2, 0.25) is 38.3 Å². The second-order valence-electron chi connectivity index (χ2n) is 10.1. The van der Waals surface area contributed by atoms with Crippen LogP contribution in [-0.4, -0.2) is 37.5 Å². The molecule has 0 saturated heterocycles. The predicted molar refractivity (Wildman–Crippen MR) is 140 cm³/mol. The standard InChI is InChI=1S/C25H38O4SSi2/c1-10-24(32(8,9)22-14-12-11-13-15-22)23(29-31(5,6)7)18-28-30(26,27)25-20(3)16-19(2)17-21(25)4/h10-17,23-24H,1,18H2,2-9H3/t23-,24-/m0/s1. The largest absolute Gasteiger partial charge is 0.412 e. The topological polar surface area (TPSA) is 52.6 Å². The van der Waals surface area contributed by atoms with Gasteiger partial charge in [-0.2, -0.15) is 8.42 Å². The molecule has 32 heavy (non-hydrogen) atoms. The molecule has 0 unspecified atom stereocenters. The lowest BCUT2D eigenvalue weighted by molar-refractivity contribution is 0.126. The molecule has 0 spiro atoms. The third-order valence-electron chi connectivity index (χ3n) is 5.75. The third-order valence-corrected chi connectivity index (χ3v) is 12.4. The van der Waals surface area contributed by atoms with Crippen LogP contribution in [0.1, 0.15) is 16.7 Å². The summed E-state index contributed by atoms with van der Waals surface area (Å²) in [4.78, 5) is 0.254. The maximum atomic E-state index is 13.2. The zero-order chi connectivity index (χ0) is 24.3. The predicted octanol–water partition coefficient (Wildman–Crippen LogP) is 5.71. The lowest BCUT2D eigenvalue weighted by Crippen LogP contribution is -2.52. The molecule has 0 aliphatic heterocycles. The van der Waals surface area contributed by atoms with Crippen LogP contribution in [0.15, 0.2) is 60.0 Å². The Morgan fingerprint density at radius 2 is 1.50 bits per heavy atom. The summed E-state index contributed by atoms with van der Waals surface area (Å²) in [5, 5.41) is 1.28. The number of hydrogen-bond acceptors (Lipinski definition) is 4. The maximum Gasteiger partial charge on any atom is 0.297 e. The minimum atomic E-state index is -3.92. The summed E-state index contributed by atoms with van der Waals surface area (Å²) in [7, 11) is -7.98. The summed E-state index contributed by atoms with van der Waals surface area (Å²) in [6.07, 6.45) is 1.55. The molecule has 0 radical (unpaired) electrons. The van der Waals surface area contributed by atoms with Crippen molar-refractivity contribution in [1.82, 2.24) is 0 Å². The monoisotopic (exact) mass is 490 g/mol. The average Bonchev–Trinajstić information content (AvgIpc) is 2.65. The molecule has 0 aromatic heterocycles. The van der Waals surface area contributed by atoms with E-state index in [0.29, 0.717) is 11.1 Å². The Morgan fingerprint density at radius 3 is 1.97 bits per heavy atom. The van der Waals surface area contributed by atoms with Gasteiger partial charge in [0.05, 0.1) is 25.7 Å². The van der Waals surface area contributed by atoms with E-state index >= 15 is 0 Å². The van der Waals surface area contributed by atoms with Crippen molar-refractivity contribution in [2.45, 2.75) is 70.0 Å². The fraction of sp³-hybridized carbons (Fsp3) is 0.440. The van der Waals surface area contributed by atoms with Crippen LogP contribution in [0.4, 0.5) is 0 Å². The van der Waals surface area contributed by atoms with Crippen molar-refractivity contribution in [2.24, 2.45) is 0 Å². The first-order valence-electron chi connectivity index (χ1n) is 11.0. The van der Waals surface area contributed by atoms with E-state index in [4.69, 9.17) is 8.61 Å². The first-order chi connectivity index (χ1) is 14.7. The van der Waals surface area contributed by atoms with Gasteiger partial charge in [-0.25, -0.2) is 0 Å². The molecule has 0 N–H and O–H groups in total. The first-order valence-corrected chi connectivity index (χ1v) is 18.9. The summed E-state index contributed by atoms with van der Waals surface area (Å²) in [6, 6.07) is 14.1. The molecule has 176 valence electrons. The van der Waals surface area contributed by atoms with Gasteiger partial charge < -0.3 is 4.43 Å². The van der Waals surface area contributed by atoms with Crippen molar-refractivity contribution in [1.29, 1.82) is 0 Å². The van der Waals surface area contributed by atoms with Crippen LogP contribution in [0, 0.1) is 20.8 Å². The van der Waals surface area contributed by atoms with Crippen molar-refractivity contribution < 1.29 is 17.0 Å². The zero-order valence-electron chi connectivity index (χ0n) is 20.7.